The molecule has 8 N–H and O–H groups in total. The van der Waals surface area contributed by atoms with E-state index >= 15 is 0 Å². The van der Waals surface area contributed by atoms with Crippen molar-refractivity contribution in [1.82, 2.24) is 39.5 Å². The molecule has 0 fully saturated rings. The third-order valence-electron chi connectivity index (χ3n) is 12.4. The monoisotopic (exact) mass is 1020 g/mol. The molecule has 6 amide bonds. The van der Waals surface area contributed by atoms with E-state index in [9.17, 15) is 28.8 Å². The lowest BCUT2D eigenvalue weighted by molar-refractivity contribution is 0.0938. The lowest BCUT2D eigenvalue weighted by Gasteiger charge is -2.26. The molecule has 2 aromatic carbocycles. The molecule has 0 unspecified atom stereocenters. The molecule has 0 atom stereocenters. The topological polar surface area (TPSA) is 245 Å². The first-order chi connectivity index (χ1) is 34.1. The van der Waals surface area contributed by atoms with Crippen LogP contribution in [0.15, 0.2) is 48.8 Å². The normalized spacial score (nSPS) is 12.1. The molecule has 0 spiro atoms. The van der Waals surface area contributed by atoms with Crippen LogP contribution in [-0.4, -0.2) is 119 Å². The predicted molar refractivity (Wildman–Crippen MR) is 284 cm³/mol. The maximum Gasteiger partial charge on any atom is 0.274 e. The first-order valence-corrected chi connectivity index (χ1v) is 25.5. The number of carbonyl (C=O) groups is 6. The number of thiazole rings is 2. The molecular formula is C52H64N12O6S2. The van der Waals surface area contributed by atoms with Crippen molar-refractivity contribution in [3.8, 4) is 33.4 Å². The first kappa shape index (κ1) is 52.8. The van der Waals surface area contributed by atoms with Crippen LogP contribution in [0.1, 0.15) is 136 Å². The lowest BCUT2D eigenvalue weighted by atomic mass is 9.77. The maximum absolute atomic E-state index is 14.2. The van der Waals surface area contributed by atoms with Crippen molar-refractivity contribution in [2.24, 2.45) is 25.6 Å². The number of primary amides is 2. The third kappa shape index (κ3) is 11.5. The van der Waals surface area contributed by atoms with Gasteiger partial charge in [-0.1, -0.05) is 33.8 Å². The van der Waals surface area contributed by atoms with Gasteiger partial charge < -0.3 is 41.0 Å². The molecule has 0 radical (unpaired) electrons. The van der Waals surface area contributed by atoms with Gasteiger partial charge in [-0.2, -0.15) is 0 Å². The van der Waals surface area contributed by atoms with Crippen LogP contribution >= 0.6 is 22.7 Å². The highest BCUT2D eigenvalue weighted by atomic mass is 32.1. The van der Waals surface area contributed by atoms with Crippen LogP contribution in [0.25, 0.3) is 33.4 Å². The van der Waals surface area contributed by atoms with Gasteiger partial charge in [-0.3, -0.25) is 39.4 Å². The van der Waals surface area contributed by atoms with E-state index in [1.165, 1.54) is 22.7 Å². The first-order valence-electron chi connectivity index (χ1n) is 23.9. The largest absolute Gasteiger partial charge is 0.366 e. The number of benzene rings is 2. The van der Waals surface area contributed by atoms with Crippen molar-refractivity contribution in [3.63, 3.8) is 0 Å². The number of nitrogens with one attached hydrogen (secondary N) is 4. The van der Waals surface area contributed by atoms with E-state index in [1.807, 2.05) is 77.8 Å². The Labute approximate surface area is 427 Å². The molecule has 7 rings (SSSR count). The van der Waals surface area contributed by atoms with E-state index in [2.05, 4.69) is 31.2 Å². The van der Waals surface area contributed by atoms with E-state index in [-0.39, 0.29) is 62.3 Å². The number of carbonyl (C=O) groups excluding carboxylic acids is 6. The lowest BCUT2D eigenvalue weighted by Crippen LogP contribution is -2.28. The summed E-state index contributed by atoms with van der Waals surface area (Å²) in [6.45, 7) is 10.5. The Morgan fingerprint density at radius 2 is 1.14 bits per heavy atom. The molecule has 1 aliphatic carbocycles. The van der Waals surface area contributed by atoms with Crippen molar-refractivity contribution in [1.29, 1.82) is 0 Å². The molecule has 18 nitrogen and oxygen atoms in total. The summed E-state index contributed by atoms with van der Waals surface area (Å²) in [4.78, 5) is 95.9. The number of hydrogen-bond donors (Lipinski definition) is 6. The average Bonchev–Trinajstić information content (AvgIpc) is 4.13. The van der Waals surface area contributed by atoms with Gasteiger partial charge in [0.2, 0.25) is 11.8 Å². The standard InChI is InChI=1S/C52H64N12O6S2/c1-27(2)43-41(49(69)55-17-11-19-61(5)6)57-51(71-43)59-47(67)37-22-31(25-63(37)9)35-24-36-33-15-14-30(45(53)65)21-29(33)13-16-34(36)39(40(35)46(54)66)32-23-38(64(10)26-32)48(68)60-52-58-42(44(72-52)28(3)4)50(70)56-18-12-20-62(7)8/h14-15,21-28H,11-13,16-20H2,1-10H3,(H2,53,65)(H2,54,66)(H,55,69)(H,56,70)(H,57,59,67)(H,58,60,68). The summed E-state index contributed by atoms with van der Waals surface area (Å²) in [6, 6.07) is 10.5. The number of rotatable bonds is 20. The molecule has 6 aromatic rings. The van der Waals surface area contributed by atoms with Gasteiger partial charge in [0.05, 0.1) is 5.56 Å². The zero-order chi connectivity index (χ0) is 52.3. The second kappa shape index (κ2) is 22.2. The predicted octanol–water partition coefficient (Wildman–Crippen LogP) is 6.69. The zero-order valence-corrected chi connectivity index (χ0v) is 44.2. The molecule has 380 valence electrons. The quantitative estimate of drug-likeness (QED) is 0.0443. The molecular weight excluding hydrogens is 953 g/mol. The molecule has 72 heavy (non-hydrogen) atoms. The number of nitrogens with zero attached hydrogens (tertiary/aromatic N) is 6. The Hall–Kier alpha value is -7.00. The second-order valence-electron chi connectivity index (χ2n) is 19.3. The minimum absolute atomic E-state index is 0.0302. The Kier molecular flexibility index (Phi) is 16.3. The smallest absolute Gasteiger partial charge is 0.274 e. The minimum Gasteiger partial charge on any atom is -0.366 e. The molecule has 0 bridgehead atoms. The van der Waals surface area contributed by atoms with Gasteiger partial charge in [-0.05, 0) is 137 Å². The highest BCUT2D eigenvalue weighted by molar-refractivity contribution is 7.16. The van der Waals surface area contributed by atoms with Gasteiger partial charge in [0.15, 0.2) is 10.3 Å². The van der Waals surface area contributed by atoms with Crippen molar-refractivity contribution in [2.45, 2.75) is 65.2 Å². The van der Waals surface area contributed by atoms with E-state index in [4.69, 9.17) is 11.5 Å². The fraction of sp³-hybridized carbons (Fsp3) is 0.385. The SMILES string of the molecule is CC(C)c1sc(NC(=O)c2cc(-c3cc4c(c(-c5cc(C(=O)Nc6nc(C(=O)NCCCN(C)C)c(C(C)C)s6)n(C)c5)c3C(N)=O)CCc3cc(C(N)=O)ccc3-4)cn2C)nc1C(=O)NCCCN(C)C. The summed E-state index contributed by atoms with van der Waals surface area (Å²) < 4.78 is 3.31. The van der Waals surface area contributed by atoms with Crippen LogP contribution in [0, 0.1) is 0 Å². The Bertz CT molecular complexity index is 3080. The molecule has 0 saturated heterocycles. The zero-order valence-electron chi connectivity index (χ0n) is 42.5. The van der Waals surface area contributed by atoms with E-state index < -0.39 is 23.6 Å². The summed E-state index contributed by atoms with van der Waals surface area (Å²) in [5.41, 5.74) is 19.0. The number of fused-ring (bicyclic) bond motifs is 3. The molecule has 0 saturated carbocycles. The van der Waals surface area contributed by atoms with Gasteiger partial charge in [0, 0.05) is 71.6 Å². The number of aryl methyl sites for hydroxylation is 3. The highest BCUT2D eigenvalue weighted by Gasteiger charge is 2.31. The number of amides is 6. The van der Waals surface area contributed by atoms with Gasteiger partial charge >= 0.3 is 0 Å². The summed E-state index contributed by atoms with van der Waals surface area (Å²) in [6.07, 6.45) is 6.02. The van der Waals surface area contributed by atoms with Gasteiger partial charge in [-0.25, -0.2) is 9.97 Å². The average molecular weight is 1020 g/mol. The second-order valence-corrected chi connectivity index (χ2v) is 21.3. The Morgan fingerprint density at radius 1 is 0.639 bits per heavy atom. The minimum atomic E-state index is -0.726. The van der Waals surface area contributed by atoms with E-state index in [0.717, 1.165) is 57.9 Å². The van der Waals surface area contributed by atoms with Crippen LogP contribution in [-0.2, 0) is 26.9 Å². The third-order valence-corrected chi connectivity index (χ3v) is 15.0. The van der Waals surface area contributed by atoms with Gasteiger partial charge in [-0.15, -0.1) is 22.7 Å². The van der Waals surface area contributed by atoms with Crippen LogP contribution < -0.4 is 32.7 Å². The van der Waals surface area contributed by atoms with Crippen LogP contribution in [0.2, 0.25) is 0 Å². The summed E-state index contributed by atoms with van der Waals surface area (Å²) in [5.74, 6) is -2.92. The fourth-order valence-corrected chi connectivity index (χ4v) is 10.8. The maximum atomic E-state index is 14.2. The number of anilines is 2. The Morgan fingerprint density at radius 3 is 1.61 bits per heavy atom. The van der Waals surface area contributed by atoms with Crippen molar-refractivity contribution < 1.29 is 28.8 Å². The Balaban J connectivity index is 1.26. The van der Waals surface area contributed by atoms with Gasteiger partial charge in [0.25, 0.3) is 23.6 Å². The number of nitrogens with two attached hydrogens (primary N) is 2. The van der Waals surface area contributed by atoms with Crippen molar-refractivity contribution >= 4 is 68.4 Å². The highest BCUT2D eigenvalue weighted by Crippen LogP contribution is 2.46. The molecule has 20 heteroatoms. The summed E-state index contributed by atoms with van der Waals surface area (Å²) in [5, 5.41) is 12.2. The molecule has 4 heterocycles. The number of hydrogen-bond acceptors (Lipinski definition) is 12. The molecule has 1 aliphatic rings. The van der Waals surface area contributed by atoms with Crippen molar-refractivity contribution in [2.75, 3.05) is 65.0 Å². The summed E-state index contributed by atoms with van der Waals surface area (Å²) >= 11 is 2.48. The van der Waals surface area contributed by atoms with Crippen LogP contribution in [0.5, 0.6) is 0 Å². The number of aromatic nitrogens is 4. The fourth-order valence-electron chi connectivity index (χ4n) is 8.93. The van der Waals surface area contributed by atoms with E-state index in [0.29, 0.717) is 53.7 Å². The molecule has 0 aliphatic heterocycles. The molecule has 4 aromatic heterocycles. The van der Waals surface area contributed by atoms with Gasteiger partial charge in [0.1, 0.15) is 22.8 Å². The van der Waals surface area contributed by atoms with E-state index in [1.54, 1.807) is 59.9 Å². The summed E-state index contributed by atoms with van der Waals surface area (Å²) in [7, 11) is 11.3. The van der Waals surface area contributed by atoms with Crippen LogP contribution in [0.3, 0.4) is 0 Å². The van der Waals surface area contributed by atoms with Crippen molar-refractivity contribution in [3.05, 3.63) is 104 Å². The van der Waals surface area contributed by atoms with Crippen LogP contribution in [0.4, 0.5) is 10.3 Å².